The summed E-state index contributed by atoms with van der Waals surface area (Å²) >= 11 is 0. The molecule has 0 radical (unpaired) electrons. The first kappa shape index (κ1) is 15.6. The van der Waals surface area contributed by atoms with Crippen LogP contribution in [0.4, 0.5) is 5.82 Å². The Morgan fingerprint density at radius 1 is 1.32 bits per heavy atom. The van der Waals surface area contributed by atoms with Crippen molar-refractivity contribution < 1.29 is 9.53 Å². The molecule has 0 saturated heterocycles. The van der Waals surface area contributed by atoms with Crippen LogP contribution in [-0.2, 0) is 11.3 Å². The van der Waals surface area contributed by atoms with Crippen LogP contribution >= 0.6 is 0 Å². The molecule has 0 fully saturated rings. The lowest BCUT2D eigenvalue weighted by molar-refractivity contribution is -0.116. The van der Waals surface area contributed by atoms with Crippen molar-refractivity contribution in [2.75, 3.05) is 12.4 Å². The summed E-state index contributed by atoms with van der Waals surface area (Å²) < 4.78 is 6.42. The predicted octanol–water partition coefficient (Wildman–Crippen LogP) is 0.688. The molecule has 0 saturated carbocycles. The lowest BCUT2D eigenvalue weighted by Gasteiger charge is -2.10. The molecule has 0 bridgehead atoms. The molecule has 0 aliphatic carbocycles. The Bertz CT molecular complexity index is 741. The largest absolute Gasteiger partial charge is 0.481 e. The van der Waals surface area contributed by atoms with E-state index in [1.54, 1.807) is 13.0 Å². The Labute approximate surface area is 127 Å². The first-order valence-electron chi connectivity index (χ1n) is 6.70. The summed E-state index contributed by atoms with van der Waals surface area (Å²) in [5, 5.41) is 2.63. The molecule has 8 nitrogen and oxygen atoms in total. The lowest BCUT2D eigenvalue weighted by atomic mass is 10.3. The van der Waals surface area contributed by atoms with E-state index in [0.717, 1.165) is 5.69 Å². The molecule has 8 heteroatoms. The molecule has 0 aliphatic heterocycles. The van der Waals surface area contributed by atoms with Crippen molar-refractivity contribution in [2.45, 2.75) is 26.8 Å². The van der Waals surface area contributed by atoms with Crippen molar-refractivity contribution in [3.8, 4) is 5.88 Å². The summed E-state index contributed by atoms with van der Waals surface area (Å²) in [6.07, 6.45) is 1.44. The van der Waals surface area contributed by atoms with E-state index >= 15 is 0 Å². The number of hydrogen-bond donors (Lipinski definition) is 1. The van der Waals surface area contributed by atoms with E-state index in [1.807, 2.05) is 6.92 Å². The zero-order valence-electron chi connectivity index (χ0n) is 12.7. The van der Waals surface area contributed by atoms with Gasteiger partial charge in [-0.25, -0.2) is 14.8 Å². The van der Waals surface area contributed by atoms with Crippen LogP contribution in [0.5, 0.6) is 5.88 Å². The maximum atomic E-state index is 11.9. The molecule has 2 rings (SSSR count). The second kappa shape index (κ2) is 6.79. The van der Waals surface area contributed by atoms with Crippen molar-refractivity contribution in [2.24, 2.45) is 0 Å². The summed E-state index contributed by atoms with van der Waals surface area (Å²) in [6, 6.07) is 3.32. The smallest absolute Gasteiger partial charge is 0.347 e. The minimum absolute atomic E-state index is 0.137. The molecular weight excluding hydrogens is 286 g/mol. The number of carbonyl (C=O) groups excluding carboxylic acids is 1. The van der Waals surface area contributed by atoms with Crippen molar-refractivity contribution >= 4 is 11.7 Å². The van der Waals surface area contributed by atoms with Gasteiger partial charge in [0, 0.05) is 30.4 Å². The van der Waals surface area contributed by atoms with Crippen molar-refractivity contribution in [3.63, 3.8) is 0 Å². The summed E-state index contributed by atoms with van der Waals surface area (Å²) in [4.78, 5) is 35.4. The van der Waals surface area contributed by atoms with Crippen LogP contribution in [0.25, 0.3) is 0 Å². The molecule has 0 atom stereocenters. The van der Waals surface area contributed by atoms with Gasteiger partial charge in [-0.2, -0.15) is 4.98 Å². The maximum absolute atomic E-state index is 11.9. The summed E-state index contributed by atoms with van der Waals surface area (Å²) in [6.45, 7) is 3.82. The van der Waals surface area contributed by atoms with Gasteiger partial charge in [-0.1, -0.05) is 0 Å². The van der Waals surface area contributed by atoms with Gasteiger partial charge in [-0.05, 0) is 19.9 Å². The number of methoxy groups -OCH3 is 1. The number of ether oxygens (including phenoxy) is 1. The number of amides is 1. The molecule has 0 aliphatic rings. The van der Waals surface area contributed by atoms with Crippen LogP contribution < -0.4 is 15.7 Å². The van der Waals surface area contributed by atoms with E-state index in [9.17, 15) is 9.59 Å². The summed E-state index contributed by atoms with van der Waals surface area (Å²) in [5.41, 5.74) is 1.08. The fourth-order valence-electron chi connectivity index (χ4n) is 1.98. The number of nitrogens with one attached hydrogen (secondary N) is 1. The normalized spacial score (nSPS) is 10.3. The van der Waals surface area contributed by atoms with Crippen LogP contribution in [0.15, 0.2) is 23.3 Å². The van der Waals surface area contributed by atoms with Crippen LogP contribution in [0.1, 0.15) is 17.8 Å². The van der Waals surface area contributed by atoms with Crippen LogP contribution in [0, 0.1) is 13.8 Å². The van der Waals surface area contributed by atoms with Crippen LogP contribution in [-0.4, -0.2) is 32.5 Å². The van der Waals surface area contributed by atoms with Crippen LogP contribution in [0.2, 0.25) is 0 Å². The number of aryl methyl sites for hydroxylation is 2. The number of aromatic nitrogens is 4. The molecule has 0 aromatic carbocycles. The first-order chi connectivity index (χ1) is 10.5. The van der Waals surface area contributed by atoms with Gasteiger partial charge in [0.1, 0.15) is 12.1 Å². The molecule has 1 amide bonds. The standard InChI is InChI=1S/C14H17N5O3/c1-9-6-10(2)19(14(21)17-9)5-4-12(20)18-11-7-13(22-3)16-8-15-11/h6-8H,4-5H2,1-3H3,(H,15,16,18,20). The highest BCUT2D eigenvalue weighted by atomic mass is 16.5. The van der Waals surface area contributed by atoms with Gasteiger partial charge in [-0.3, -0.25) is 9.36 Å². The molecule has 1 N–H and O–H groups in total. The molecule has 2 heterocycles. The van der Waals surface area contributed by atoms with Gasteiger partial charge >= 0.3 is 5.69 Å². The topological polar surface area (TPSA) is 99.0 Å². The van der Waals surface area contributed by atoms with Crippen molar-refractivity contribution in [3.05, 3.63) is 40.3 Å². The fraction of sp³-hybridized carbons (Fsp3) is 0.357. The van der Waals surface area contributed by atoms with E-state index in [-0.39, 0.29) is 24.6 Å². The van der Waals surface area contributed by atoms with Crippen molar-refractivity contribution in [1.29, 1.82) is 0 Å². The second-order valence-corrected chi connectivity index (χ2v) is 4.72. The third kappa shape index (κ3) is 3.87. The molecule has 116 valence electrons. The summed E-state index contributed by atoms with van der Waals surface area (Å²) in [5.74, 6) is 0.454. The quantitative estimate of drug-likeness (QED) is 0.872. The SMILES string of the molecule is COc1cc(NC(=O)CCn2c(C)cc(C)nc2=O)ncn1. The molecule has 0 spiro atoms. The van der Waals surface area contributed by atoms with E-state index in [0.29, 0.717) is 17.4 Å². The predicted molar refractivity (Wildman–Crippen MR) is 79.8 cm³/mol. The first-order valence-corrected chi connectivity index (χ1v) is 6.70. The second-order valence-electron chi connectivity index (χ2n) is 4.72. The van der Waals surface area contributed by atoms with E-state index in [2.05, 4.69) is 20.3 Å². The number of anilines is 1. The average molecular weight is 303 g/mol. The van der Waals surface area contributed by atoms with E-state index < -0.39 is 0 Å². The van der Waals surface area contributed by atoms with E-state index in [1.165, 1.54) is 24.1 Å². The highest BCUT2D eigenvalue weighted by molar-refractivity contribution is 5.89. The molecule has 2 aromatic heterocycles. The Morgan fingerprint density at radius 2 is 2.09 bits per heavy atom. The van der Waals surface area contributed by atoms with Gasteiger partial charge in [0.2, 0.25) is 11.8 Å². The lowest BCUT2D eigenvalue weighted by Crippen LogP contribution is -2.27. The highest BCUT2D eigenvalue weighted by Crippen LogP contribution is 2.10. The third-order valence-electron chi connectivity index (χ3n) is 3.03. The molecule has 0 unspecified atom stereocenters. The molecule has 2 aromatic rings. The summed E-state index contributed by atoms with van der Waals surface area (Å²) in [7, 11) is 1.48. The number of rotatable bonds is 5. The van der Waals surface area contributed by atoms with Gasteiger partial charge in [0.25, 0.3) is 0 Å². The maximum Gasteiger partial charge on any atom is 0.347 e. The minimum Gasteiger partial charge on any atom is -0.481 e. The Balaban J connectivity index is 2.00. The minimum atomic E-state index is -0.353. The Morgan fingerprint density at radius 3 is 2.77 bits per heavy atom. The number of carbonyl (C=O) groups is 1. The fourth-order valence-corrected chi connectivity index (χ4v) is 1.98. The van der Waals surface area contributed by atoms with Gasteiger partial charge in [0.15, 0.2) is 0 Å². The zero-order chi connectivity index (χ0) is 16.1. The molecule has 22 heavy (non-hydrogen) atoms. The van der Waals surface area contributed by atoms with Gasteiger partial charge < -0.3 is 10.1 Å². The Hall–Kier alpha value is -2.77. The zero-order valence-corrected chi connectivity index (χ0v) is 12.7. The Kier molecular flexibility index (Phi) is 4.82. The van der Waals surface area contributed by atoms with Crippen LogP contribution in [0.3, 0.4) is 0 Å². The number of nitrogens with zero attached hydrogens (tertiary/aromatic N) is 4. The van der Waals surface area contributed by atoms with Crippen molar-refractivity contribution in [1.82, 2.24) is 19.5 Å². The monoisotopic (exact) mass is 303 g/mol. The van der Waals surface area contributed by atoms with Gasteiger partial charge in [0.05, 0.1) is 7.11 Å². The third-order valence-corrected chi connectivity index (χ3v) is 3.03. The van der Waals surface area contributed by atoms with E-state index in [4.69, 9.17) is 4.74 Å². The number of hydrogen-bond acceptors (Lipinski definition) is 6. The molecular formula is C14H17N5O3. The average Bonchev–Trinajstić information content (AvgIpc) is 2.46. The van der Waals surface area contributed by atoms with Gasteiger partial charge in [-0.15, -0.1) is 0 Å². The highest BCUT2D eigenvalue weighted by Gasteiger charge is 2.08.